The fourth-order valence-corrected chi connectivity index (χ4v) is 3.80. The van der Waals surface area contributed by atoms with Crippen LogP contribution in [0.15, 0.2) is 65.6 Å². The van der Waals surface area contributed by atoms with E-state index >= 15 is 0 Å². The van der Waals surface area contributed by atoms with E-state index in [9.17, 15) is 18.3 Å². The minimum absolute atomic E-state index is 0.0858. The largest absolute Gasteiger partial charge is 0.545 e. The standard InChI is InChI=1S/C18H15NO4S/c1-12-6-7-15(18(20)21)11-17(12)24(22,23)19-16-9-8-13-4-2-3-5-14(13)10-16/h2-11,19H,1H3,(H,20,21)/p-1. The maximum absolute atomic E-state index is 12.6. The first kappa shape index (κ1) is 16.0. The first-order chi connectivity index (χ1) is 11.4. The third kappa shape index (κ3) is 3.09. The van der Waals surface area contributed by atoms with Crippen LogP contribution in [-0.4, -0.2) is 14.4 Å². The third-order valence-corrected chi connectivity index (χ3v) is 5.24. The molecule has 0 radical (unpaired) electrons. The average molecular weight is 340 g/mol. The van der Waals surface area contributed by atoms with Gasteiger partial charge in [-0.1, -0.05) is 42.5 Å². The number of carbonyl (C=O) groups excluding carboxylic acids is 1. The molecule has 0 unspecified atom stereocenters. The van der Waals surface area contributed by atoms with Crippen LogP contribution in [0.4, 0.5) is 5.69 Å². The molecule has 0 spiro atoms. The summed E-state index contributed by atoms with van der Waals surface area (Å²) in [7, 11) is -3.91. The van der Waals surface area contributed by atoms with Crippen molar-refractivity contribution in [2.45, 2.75) is 11.8 Å². The number of nitrogens with one attached hydrogen (secondary N) is 1. The SMILES string of the molecule is Cc1ccc(C(=O)[O-])cc1S(=O)(=O)Nc1ccc2ccccc2c1. The van der Waals surface area contributed by atoms with E-state index in [1.54, 1.807) is 19.1 Å². The van der Waals surface area contributed by atoms with E-state index in [0.29, 0.717) is 11.3 Å². The first-order valence-electron chi connectivity index (χ1n) is 7.20. The first-order valence-corrected chi connectivity index (χ1v) is 8.69. The van der Waals surface area contributed by atoms with Crippen molar-refractivity contribution in [2.24, 2.45) is 0 Å². The van der Waals surface area contributed by atoms with E-state index in [4.69, 9.17) is 0 Å². The molecule has 0 aliphatic rings. The van der Waals surface area contributed by atoms with Crippen molar-refractivity contribution >= 4 is 32.5 Å². The molecule has 24 heavy (non-hydrogen) atoms. The zero-order valence-corrected chi connectivity index (χ0v) is 13.6. The topological polar surface area (TPSA) is 86.3 Å². The number of rotatable bonds is 4. The predicted octanol–water partition coefficient (Wildman–Crippen LogP) is 2.31. The number of anilines is 1. The van der Waals surface area contributed by atoms with E-state index in [1.807, 2.05) is 30.3 Å². The summed E-state index contributed by atoms with van der Waals surface area (Å²) in [5.41, 5.74) is 0.680. The van der Waals surface area contributed by atoms with Crippen LogP contribution in [0.3, 0.4) is 0 Å². The molecule has 0 aliphatic heterocycles. The highest BCUT2D eigenvalue weighted by Crippen LogP contribution is 2.23. The zero-order valence-electron chi connectivity index (χ0n) is 12.8. The van der Waals surface area contributed by atoms with Crippen molar-refractivity contribution in [1.82, 2.24) is 0 Å². The summed E-state index contributed by atoms with van der Waals surface area (Å²) in [6.07, 6.45) is 0. The van der Waals surface area contributed by atoms with Gasteiger partial charge in [-0.15, -0.1) is 0 Å². The fraction of sp³-hybridized carbons (Fsp3) is 0.0556. The lowest BCUT2D eigenvalue weighted by atomic mass is 10.1. The quantitative estimate of drug-likeness (QED) is 0.789. The molecule has 122 valence electrons. The van der Waals surface area contributed by atoms with Crippen molar-refractivity contribution in [2.75, 3.05) is 4.72 Å². The van der Waals surface area contributed by atoms with Gasteiger partial charge in [0, 0.05) is 5.69 Å². The Morgan fingerprint density at radius 1 is 0.958 bits per heavy atom. The lowest BCUT2D eigenvalue weighted by Crippen LogP contribution is -2.23. The van der Waals surface area contributed by atoms with Gasteiger partial charge in [0.05, 0.1) is 10.9 Å². The molecule has 0 heterocycles. The Kier molecular flexibility index (Phi) is 3.99. The molecule has 3 rings (SSSR count). The molecule has 0 saturated carbocycles. The number of hydrogen-bond acceptors (Lipinski definition) is 4. The van der Waals surface area contributed by atoms with Crippen LogP contribution in [0.1, 0.15) is 15.9 Å². The van der Waals surface area contributed by atoms with Gasteiger partial charge in [-0.25, -0.2) is 8.42 Å². The van der Waals surface area contributed by atoms with Gasteiger partial charge in [0.1, 0.15) is 0 Å². The molecule has 0 bridgehead atoms. The number of hydrogen-bond donors (Lipinski definition) is 1. The van der Waals surface area contributed by atoms with Gasteiger partial charge in [0.2, 0.25) is 0 Å². The number of fused-ring (bicyclic) bond motifs is 1. The Hall–Kier alpha value is -2.86. The molecule has 3 aromatic rings. The molecule has 0 aliphatic carbocycles. The molecular formula is C18H14NO4S-. The number of aromatic carboxylic acids is 1. The Bertz CT molecular complexity index is 1040. The molecule has 0 fully saturated rings. The maximum Gasteiger partial charge on any atom is 0.262 e. The number of sulfonamides is 1. The predicted molar refractivity (Wildman–Crippen MR) is 90.3 cm³/mol. The van der Waals surface area contributed by atoms with E-state index in [0.717, 1.165) is 16.8 Å². The molecular weight excluding hydrogens is 326 g/mol. The molecule has 1 N–H and O–H groups in total. The van der Waals surface area contributed by atoms with Gasteiger partial charge >= 0.3 is 0 Å². The molecule has 5 nitrogen and oxygen atoms in total. The molecule has 0 atom stereocenters. The van der Waals surface area contributed by atoms with Gasteiger partial charge in [0.15, 0.2) is 0 Å². The number of aryl methyl sites for hydroxylation is 1. The van der Waals surface area contributed by atoms with Crippen molar-refractivity contribution < 1.29 is 18.3 Å². The summed E-state index contributed by atoms with van der Waals surface area (Å²) in [5, 5.41) is 12.9. The maximum atomic E-state index is 12.6. The van der Waals surface area contributed by atoms with Crippen molar-refractivity contribution in [1.29, 1.82) is 0 Å². The van der Waals surface area contributed by atoms with Crippen LogP contribution < -0.4 is 9.83 Å². The summed E-state index contributed by atoms with van der Waals surface area (Å²) >= 11 is 0. The highest BCUT2D eigenvalue weighted by molar-refractivity contribution is 7.92. The summed E-state index contributed by atoms with van der Waals surface area (Å²) in [4.78, 5) is 10.9. The highest BCUT2D eigenvalue weighted by Gasteiger charge is 2.18. The molecule has 0 amide bonds. The minimum Gasteiger partial charge on any atom is -0.545 e. The van der Waals surface area contributed by atoms with E-state index in [1.165, 1.54) is 12.1 Å². The van der Waals surface area contributed by atoms with Gasteiger partial charge in [0.25, 0.3) is 10.0 Å². The minimum atomic E-state index is -3.91. The van der Waals surface area contributed by atoms with Crippen molar-refractivity contribution in [3.05, 3.63) is 71.8 Å². The van der Waals surface area contributed by atoms with Crippen molar-refractivity contribution in [3.8, 4) is 0 Å². The zero-order chi connectivity index (χ0) is 17.3. The molecule has 6 heteroatoms. The Balaban J connectivity index is 2.01. The second-order valence-corrected chi connectivity index (χ2v) is 7.09. The van der Waals surface area contributed by atoms with E-state index in [-0.39, 0.29) is 10.5 Å². The van der Waals surface area contributed by atoms with Crippen LogP contribution >= 0.6 is 0 Å². The monoisotopic (exact) mass is 340 g/mol. The lowest BCUT2D eigenvalue weighted by Gasteiger charge is -2.13. The molecule has 3 aromatic carbocycles. The smallest absolute Gasteiger partial charge is 0.262 e. The van der Waals surface area contributed by atoms with Crippen LogP contribution in [0, 0.1) is 6.92 Å². The molecule has 0 saturated heterocycles. The average Bonchev–Trinajstić information content (AvgIpc) is 2.54. The van der Waals surface area contributed by atoms with Crippen LogP contribution in [-0.2, 0) is 10.0 Å². The second-order valence-electron chi connectivity index (χ2n) is 5.44. The Labute approximate surface area is 139 Å². The third-order valence-electron chi connectivity index (χ3n) is 3.72. The lowest BCUT2D eigenvalue weighted by molar-refractivity contribution is -0.255. The van der Waals surface area contributed by atoms with Gasteiger partial charge in [-0.3, -0.25) is 4.72 Å². The van der Waals surface area contributed by atoms with E-state index in [2.05, 4.69) is 4.72 Å². The van der Waals surface area contributed by atoms with Crippen molar-refractivity contribution in [3.63, 3.8) is 0 Å². The van der Waals surface area contributed by atoms with E-state index < -0.39 is 16.0 Å². The summed E-state index contributed by atoms with van der Waals surface area (Å²) in [6.45, 7) is 1.61. The number of benzene rings is 3. The number of carboxylic acids is 1. The van der Waals surface area contributed by atoms with Crippen LogP contribution in [0.5, 0.6) is 0 Å². The van der Waals surface area contributed by atoms with Gasteiger partial charge in [-0.2, -0.15) is 0 Å². The second kappa shape index (κ2) is 5.98. The van der Waals surface area contributed by atoms with Gasteiger partial charge < -0.3 is 9.90 Å². The normalized spacial score (nSPS) is 11.4. The number of carbonyl (C=O) groups is 1. The molecule has 0 aromatic heterocycles. The Morgan fingerprint density at radius 3 is 2.38 bits per heavy atom. The highest BCUT2D eigenvalue weighted by atomic mass is 32.2. The van der Waals surface area contributed by atoms with Gasteiger partial charge in [-0.05, 0) is 47.0 Å². The van der Waals surface area contributed by atoms with Crippen LogP contribution in [0.25, 0.3) is 10.8 Å². The fourth-order valence-electron chi connectivity index (χ4n) is 2.48. The van der Waals surface area contributed by atoms with Crippen LogP contribution in [0.2, 0.25) is 0 Å². The summed E-state index contributed by atoms with van der Waals surface area (Å²) < 4.78 is 27.7. The summed E-state index contributed by atoms with van der Waals surface area (Å²) in [6, 6.07) is 16.7. The number of carboxylic acid groups (broad SMARTS) is 1. The Morgan fingerprint density at radius 2 is 1.67 bits per heavy atom. The summed E-state index contributed by atoms with van der Waals surface area (Å²) in [5.74, 6) is -1.42.